The van der Waals surface area contributed by atoms with Crippen molar-refractivity contribution < 1.29 is 4.79 Å². The molecule has 0 unspecified atom stereocenters. The lowest BCUT2D eigenvalue weighted by Gasteiger charge is -2.16. The third kappa shape index (κ3) is 3.05. The van der Waals surface area contributed by atoms with Crippen LogP contribution in [0, 0.1) is 5.92 Å². The number of hydrogen-bond acceptors (Lipinski definition) is 1. The largest absolute Gasteiger partial charge is 0.300 e. The molecule has 0 aliphatic heterocycles. The van der Waals surface area contributed by atoms with Crippen LogP contribution in [0.15, 0.2) is 36.4 Å². The van der Waals surface area contributed by atoms with E-state index in [-0.39, 0.29) is 0 Å². The molecule has 0 amide bonds. The minimum absolute atomic E-state index is 0.420. The Balaban J connectivity index is 1.96. The molecule has 15 heavy (non-hydrogen) atoms. The van der Waals surface area contributed by atoms with Gasteiger partial charge in [-0.3, -0.25) is 4.79 Å². The summed E-state index contributed by atoms with van der Waals surface area (Å²) in [6.07, 6.45) is 8.06. The summed E-state index contributed by atoms with van der Waals surface area (Å²) in [4.78, 5) is 11.3. The molecule has 1 aromatic rings. The quantitative estimate of drug-likeness (QED) is 0.714. The van der Waals surface area contributed by atoms with Gasteiger partial charge >= 0.3 is 0 Å². The van der Waals surface area contributed by atoms with Gasteiger partial charge in [0.2, 0.25) is 0 Å². The number of benzene rings is 1. The molecule has 1 saturated carbocycles. The predicted molar refractivity (Wildman–Crippen MR) is 62.4 cm³/mol. The summed E-state index contributed by atoms with van der Waals surface area (Å²) < 4.78 is 0. The lowest BCUT2D eigenvalue weighted by atomic mass is 9.88. The summed E-state index contributed by atoms with van der Waals surface area (Å²) in [7, 11) is 0. The van der Waals surface area contributed by atoms with E-state index in [2.05, 4.69) is 24.3 Å². The molecule has 78 valence electrons. The van der Waals surface area contributed by atoms with Gasteiger partial charge in [0, 0.05) is 12.8 Å². The molecule has 1 aromatic carbocycles. The first-order valence-corrected chi connectivity index (χ1v) is 5.59. The van der Waals surface area contributed by atoms with Crippen LogP contribution in [0.5, 0.6) is 0 Å². The molecule has 1 nitrogen and oxygen atoms in total. The highest BCUT2D eigenvalue weighted by molar-refractivity contribution is 5.79. The van der Waals surface area contributed by atoms with Gasteiger partial charge in [-0.05, 0) is 24.3 Å². The van der Waals surface area contributed by atoms with Crippen molar-refractivity contribution in [2.45, 2.75) is 25.7 Å². The molecule has 1 aliphatic rings. The molecule has 1 atom stereocenters. The average Bonchev–Trinajstić information content (AvgIpc) is 2.28. The first-order chi connectivity index (χ1) is 7.34. The van der Waals surface area contributed by atoms with Crippen molar-refractivity contribution >= 4 is 11.9 Å². The second-order valence-electron chi connectivity index (χ2n) is 4.16. The number of Topliss-reactive ketones (excluding diaryl/α,β-unsaturated/α-hetero) is 1. The van der Waals surface area contributed by atoms with Crippen LogP contribution in [-0.2, 0) is 4.79 Å². The zero-order valence-electron chi connectivity index (χ0n) is 8.86. The Morgan fingerprint density at radius 3 is 2.73 bits per heavy atom. The number of hydrogen-bond donors (Lipinski definition) is 0. The lowest BCUT2D eigenvalue weighted by Crippen LogP contribution is -2.12. The van der Waals surface area contributed by atoms with Crippen molar-refractivity contribution in [2.24, 2.45) is 5.92 Å². The van der Waals surface area contributed by atoms with Gasteiger partial charge in [0.15, 0.2) is 0 Å². The first-order valence-electron chi connectivity index (χ1n) is 5.59. The fraction of sp³-hybridized carbons (Fsp3) is 0.357. The molecule has 0 N–H and O–H groups in total. The number of carbonyl (C=O) groups excluding carboxylic acids is 1. The van der Waals surface area contributed by atoms with E-state index in [4.69, 9.17) is 0 Å². The molecule has 0 spiro atoms. The van der Waals surface area contributed by atoms with Crippen molar-refractivity contribution in [3.63, 3.8) is 0 Å². The van der Waals surface area contributed by atoms with Gasteiger partial charge in [-0.2, -0.15) is 0 Å². The van der Waals surface area contributed by atoms with Crippen LogP contribution in [0.1, 0.15) is 31.2 Å². The summed E-state index contributed by atoms with van der Waals surface area (Å²) in [5.74, 6) is 0.885. The standard InChI is InChI=1S/C14H16O/c15-14-8-4-7-13(11-14)10-9-12-5-2-1-3-6-12/h1-3,5-6,9-10,13H,4,7-8,11H2/b10-9+/t13-/m0/s1. The van der Waals surface area contributed by atoms with Gasteiger partial charge in [0.25, 0.3) is 0 Å². The molecule has 1 aliphatic carbocycles. The predicted octanol–water partition coefficient (Wildman–Crippen LogP) is 3.46. The highest BCUT2D eigenvalue weighted by Crippen LogP contribution is 2.23. The summed E-state index contributed by atoms with van der Waals surface area (Å²) in [6.45, 7) is 0. The number of carbonyl (C=O) groups is 1. The number of allylic oxidation sites excluding steroid dienone is 1. The monoisotopic (exact) mass is 200 g/mol. The van der Waals surface area contributed by atoms with Crippen LogP contribution in [0.2, 0.25) is 0 Å². The Labute approximate surface area is 90.8 Å². The van der Waals surface area contributed by atoms with Crippen LogP contribution < -0.4 is 0 Å². The van der Waals surface area contributed by atoms with E-state index in [1.54, 1.807) is 0 Å². The second-order valence-corrected chi connectivity index (χ2v) is 4.16. The Morgan fingerprint density at radius 1 is 1.20 bits per heavy atom. The minimum atomic E-state index is 0.420. The molecule has 2 rings (SSSR count). The van der Waals surface area contributed by atoms with Crippen molar-refractivity contribution in [3.05, 3.63) is 42.0 Å². The highest BCUT2D eigenvalue weighted by Gasteiger charge is 2.16. The van der Waals surface area contributed by atoms with Crippen LogP contribution in [0.25, 0.3) is 6.08 Å². The maximum absolute atomic E-state index is 11.3. The van der Waals surface area contributed by atoms with Gasteiger partial charge < -0.3 is 0 Å². The summed E-state index contributed by atoms with van der Waals surface area (Å²) in [6, 6.07) is 10.3. The number of rotatable bonds is 2. The normalized spacial score (nSPS) is 22.1. The summed E-state index contributed by atoms with van der Waals surface area (Å²) in [5, 5.41) is 0. The van der Waals surface area contributed by atoms with E-state index in [0.717, 1.165) is 25.7 Å². The molecular weight excluding hydrogens is 184 g/mol. The molecule has 1 fully saturated rings. The Bertz CT molecular complexity index is 351. The van der Waals surface area contributed by atoms with Gasteiger partial charge in [-0.25, -0.2) is 0 Å². The van der Waals surface area contributed by atoms with Crippen molar-refractivity contribution in [2.75, 3.05) is 0 Å². The molecule has 1 heteroatoms. The van der Waals surface area contributed by atoms with E-state index < -0.39 is 0 Å². The Kier molecular flexibility index (Phi) is 3.33. The van der Waals surface area contributed by atoms with E-state index in [1.807, 2.05) is 18.2 Å². The van der Waals surface area contributed by atoms with Crippen LogP contribution in [0.4, 0.5) is 0 Å². The molecule has 0 aromatic heterocycles. The third-order valence-corrected chi connectivity index (χ3v) is 2.88. The first kappa shape index (κ1) is 10.2. The minimum Gasteiger partial charge on any atom is -0.300 e. The molecule has 0 radical (unpaired) electrons. The maximum Gasteiger partial charge on any atom is 0.133 e. The topological polar surface area (TPSA) is 17.1 Å². The Hall–Kier alpha value is -1.37. The summed E-state index contributed by atoms with van der Waals surface area (Å²) >= 11 is 0. The molecule has 0 heterocycles. The van der Waals surface area contributed by atoms with E-state index in [9.17, 15) is 4.79 Å². The molecule has 0 saturated heterocycles. The van der Waals surface area contributed by atoms with Gasteiger partial charge in [-0.15, -0.1) is 0 Å². The van der Waals surface area contributed by atoms with E-state index >= 15 is 0 Å². The van der Waals surface area contributed by atoms with Gasteiger partial charge in [0.1, 0.15) is 5.78 Å². The maximum atomic E-state index is 11.3. The smallest absolute Gasteiger partial charge is 0.133 e. The second kappa shape index (κ2) is 4.92. The van der Waals surface area contributed by atoms with E-state index in [1.165, 1.54) is 5.56 Å². The molecule has 0 bridgehead atoms. The SMILES string of the molecule is O=C1CCC[C@@H](/C=C/c2ccccc2)C1. The zero-order valence-corrected chi connectivity index (χ0v) is 8.86. The average molecular weight is 200 g/mol. The highest BCUT2D eigenvalue weighted by atomic mass is 16.1. The van der Waals surface area contributed by atoms with Crippen LogP contribution in [-0.4, -0.2) is 5.78 Å². The van der Waals surface area contributed by atoms with Crippen molar-refractivity contribution in [1.29, 1.82) is 0 Å². The fourth-order valence-electron chi connectivity index (χ4n) is 2.03. The molecular formula is C14H16O. The fourth-order valence-corrected chi connectivity index (χ4v) is 2.03. The lowest BCUT2D eigenvalue weighted by molar-refractivity contribution is -0.121. The van der Waals surface area contributed by atoms with Crippen molar-refractivity contribution in [3.8, 4) is 0 Å². The van der Waals surface area contributed by atoms with Gasteiger partial charge in [0.05, 0.1) is 0 Å². The zero-order chi connectivity index (χ0) is 10.5. The summed E-state index contributed by atoms with van der Waals surface area (Å²) in [5.41, 5.74) is 1.22. The Morgan fingerprint density at radius 2 is 2.00 bits per heavy atom. The van der Waals surface area contributed by atoms with Gasteiger partial charge in [-0.1, -0.05) is 42.5 Å². The van der Waals surface area contributed by atoms with Crippen LogP contribution >= 0.6 is 0 Å². The van der Waals surface area contributed by atoms with Crippen LogP contribution in [0.3, 0.4) is 0 Å². The van der Waals surface area contributed by atoms with Crippen molar-refractivity contribution in [1.82, 2.24) is 0 Å². The van der Waals surface area contributed by atoms with E-state index in [0.29, 0.717) is 11.7 Å². The number of ketones is 1. The third-order valence-electron chi connectivity index (χ3n) is 2.88.